The van der Waals surface area contributed by atoms with Crippen LogP contribution in [-0.4, -0.2) is 29.6 Å². The Bertz CT molecular complexity index is 233. The maximum absolute atomic E-state index is 6.01. The quantitative estimate of drug-likeness (QED) is 0.738. The number of likely N-dealkylation sites (tertiary alicyclic amines) is 1. The second kappa shape index (κ2) is 4.66. The summed E-state index contributed by atoms with van der Waals surface area (Å²) in [6.45, 7) is 1.38. The van der Waals surface area contributed by atoms with Crippen LogP contribution in [0.4, 0.5) is 0 Å². The molecule has 0 radical (unpaired) electrons. The zero-order valence-corrected chi connectivity index (χ0v) is 10.4. The van der Waals surface area contributed by atoms with Crippen LogP contribution >= 0.6 is 0 Å². The van der Waals surface area contributed by atoms with E-state index < -0.39 is 0 Å². The molecule has 0 aromatic carbocycles. The van der Waals surface area contributed by atoms with Gasteiger partial charge >= 0.3 is 0 Å². The van der Waals surface area contributed by atoms with Gasteiger partial charge < -0.3 is 5.73 Å². The van der Waals surface area contributed by atoms with Gasteiger partial charge in [-0.2, -0.15) is 0 Å². The van der Waals surface area contributed by atoms with Gasteiger partial charge in [0.25, 0.3) is 0 Å². The van der Waals surface area contributed by atoms with Crippen molar-refractivity contribution in [3.8, 4) is 0 Å². The Hall–Kier alpha value is -0.0800. The van der Waals surface area contributed by atoms with Crippen molar-refractivity contribution in [3.63, 3.8) is 0 Å². The third-order valence-corrected chi connectivity index (χ3v) is 5.25. The number of nitrogens with zero attached hydrogens (tertiary/aromatic N) is 1. The van der Waals surface area contributed by atoms with E-state index in [1.807, 2.05) is 0 Å². The van der Waals surface area contributed by atoms with Gasteiger partial charge in [-0.15, -0.1) is 0 Å². The predicted octanol–water partition coefficient (Wildman–Crippen LogP) is 2.52. The number of fused-ring (bicyclic) bond motifs is 1. The zero-order chi connectivity index (χ0) is 11.0. The lowest BCUT2D eigenvalue weighted by atomic mass is 9.85. The number of nitrogens with two attached hydrogens (primary N) is 1. The Morgan fingerprint density at radius 3 is 2.38 bits per heavy atom. The van der Waals surface area contributed by atoms with E-state index in [1.54, 1.807) is 0 Å². The van der Waals surface area contributed by atoms with Crippen LogP contribution in [0.2, 0.25) is 0 Å². The van der Waals surface area contributed by atoms with E-state index in [4.69, 9.17) is 5.73 Å². The van der Waals surface area contributed by atoms with Gasteiger partial charge in [0, 0.05) is 18.1 Å². The molecule has 3 rings (SSSR count). The van der Waals surface area contributed by atoms with E-state index in [9.17, 15) is 0 Å². The Kier molecular flexibility index (Phi) is 3.21. The van der Waals surface area contributed by atoms with Crippen LogP contribution in [0.3, 0.4) is 0 Å². The highest BCUT2D eigenvalue weighted by molar-refractivity contribution is 4.93. The summed E-state index contributed by atoms with van der Waals surface area (Å²) in [6.07, 6.45) is 12.7. The summed E-state index contributed by atoms with van der Waals surface area (Å²) in [7, 11) is 0. The summed E-state index contributed by atoms with van der Waals surface area (Å²) in [5.41, 5.74) is 6.01. The highest BCUT2D eigenvalue weighted by Gasteiger charge is 2.38. The molecule has 2 heteroatoms. The molecule has 0 aromatic rings. The van der Waals surface area contributed by atoms with Crippen LogP contribution in [0.5, 0.6) is 0 Å². The van der Waals surface area contributed by atoms with Crippen molar-refractivity contribution in [2.24, 2.45) is 11.7 Å². The molecule has 3 aliphatic rings. The molecule has 1 aliphatic heterocycles. The molecule has 0 spiro atoms. The van der Waals surface area contributed by atoms with E-state index >= 15 is 0 Å². The normalized spacial score (nSPS) is 45.6. The minimum absolute atomic E-state index is 0.500. The lowest BCUT2D eigenvalue weighted by Gasteiger charge is -2.45. The van der Waals surface area contributed by atoms with Gasteiger partial charge in [-0.3, -0.25) is 4.90 Å². The summed E-state index contributed by atoms with van der Waals surface area (Å²) < 4.78 is 0. The van der Waals surface area contributed by atoms with Crippen LogP contribution in [-0.2, 0) is 0 Å². The van der Waals surface area contributed by atoms with Crippen LogP contribution in [0.25, 0.3) is 0 Å². The Balaban J connectivity index is 1.64. The first-order valence-corrected chi connectivity index (χ1v) is 7.36. The van der Waals surface area contributed by atoms with Crippen LogP contribution < -0.4 is 5.73 Å². The average molecular weight is 222 g/mol. The Morgan fingerprint density at radius 2 is 1.56 bits per heavy atom. The molecule has 2 atom stereocenters. The molecule has 2 nitrogen and oxygen atoms in total. The van der Waals surface area contributed by atoms with Gasteiger partial charge in [0.05, 0.1) is 0 Å². The third-order valence-electron chi connectivity index (χ3n) is 5.25. The van der Waals surface area contributed by atoms with E-state index in [-0.39, 0.29) is 0 Å². The Morgan fingerprint density at radius 1 is 0.812 bits per heavy atom. The number of hydrogen-bond acceptors (Lipinski definition) is 2. The molecule has 2 aliphatic carbocycles. The summed E-state index contributed by atoms with van der Waals surface area (Å²) in [6, 6.07) is 2.33. The largest absolute Gasteiger partial charge is 0.328 e. The molecular formula is C14H26N2. The minimum Gasteiger partial charge on any atom is -0.328 e. The summed E-state index contributed by atoms with van der Waals surface area (Å²) in [4.78, 5) is 2.88. The van der Waals surface area contributed by atoms with Gasteiger partial charge in [0.15, 0.2) is 0 Å². The second-order valence-electron chi connectivity index (χ2n) is 6.21. The fourth-order valence-electron chi connectivity index (χ4n) is 4.38. The minimum atomic E-state index is 0.500. The number of rotatable bonds is 1. The monoisotopic (exact) mass is 222 g/mol. The highest BCUT2D eigenvalue weighted by atomic mass is 15.2. The zero-order valence-electron chi connectivity index (χ0n) is 10.4. The van der Waals surface area contributed by atoms with E-state index in [1.165, 1.54) is 64.3 Å². The van der Waals surface area contributed by atoms with Crippen molar-refractivity contribution in [3.05, 3.63) is 0 Å². The fourth-order valence-corrected chi connectivity index (χ4v) is 4.38. The van der Waals surface area contributed by atoms with Gasteiger partial charge in [-0.25, -0.2) is 0 Å². The predicted molar refractivity (Wildman–Crippen MR) is 67.3 cm³/mol. The lowest BCUT2D eigenvalue weighted by molar-refractivity contribution is 0.0473. The number of piperidine rings is 1. The molecule has 1 heterocycles. The molecule has 3 fully saturated rings. The fraction of sp³-hybridized carbons (Fsp3) is 1.00. The molecule has 0 aromatic heterocycles. The smallest absolute Gasteiger partial charge is 0.0126 e. The van der Waals surface area contributed by atoms with Crippen LogP contribution in [0.1, 0.15) is 57.8 Å². The molecule has 92 valence electrons. The maximum atomic E-state index is 6.01. The molecule has 0 bridgehead atoms. The lowest BCUT2D eigenvalue weighted by Crippen LogP contribution is -2.50. The number of hydrogen-bond donors (Lipinski definition) is 1. The topological polar surface area (TPSA) is 29.3 Å². The summed E-state index contributed by atoms with van der Waals surface area (Å²) >= 11 is 0. The highest BCUT2D eigenvalue weighted by Crippen LogP contribution is 2.39. The summed E-state index contributed by atoms with van der Waals surface area (Å²) in [5.74, 6) is 1.05. The van der Waals surface area contributed by atoms with Crippen molar-refractivity contribution in [2.75, 3.05) is 6.54 Å². The van der Waals surface area contributed by atoms with Gasteiger partial charge in [-0.1, -0.05) is 6.42 Å². The van der Waals surface area contributed by atoms with Crippen molar-refractivity contribution in [2.45, 2.75) is 75.9 Å². The van der Waals surface area contributed by atoms with Crippen molar-refractivity contribution < 1.29 is 0 Å². The first-order valence-electron chi connectivity index (χ1n) is 7.36. The standard InChI is InChI=1S/C14H26N2/c15-12-6-8-13(9-7-12)16-10-2-4-11-3-1-5-14(11)16/h11-14H,1-10,15H2. The second-order valence-corrected chi connectivity index (χ2v) is 6.21. The molecular weight excluding hydrogens is 196 g/mol. The SMILES string of the molecule is NC1CCC(N2CCCC3CCCC32)CC1. The maximum Gasteiger partial charge on any atom is 0.0126 e. The van der Waals surface area contributed by atoms with Gasteiger partial charge in [0.1, 0.15) is 0 Å². The summed E-state index contributed by atoms with van der Waals surface area (Å²) in [5, 5.41) is 0. The van der Waals surface area contributed by atoms with Crippen LogP contribution in [0, 0.1) is 5.92 Å². The van der Waals surface area contributed by atoms with E-state index in [2.05, 4.69) is 4.90 Å². The molecule has 2 N–H and O–H groups in total. The van der Waals surface area contributed by atoms with Crippen molar-refractivity contribution >= 4 is 0 Å². The molecule has 2 unspecified atom stereocenters. The van der Waals surface area contributed by atoms with Gasteiger partial charge in [0.2, 0.25) is 0 Å². The van der Waals surface area contributed by atoms with E-state index in [0.29, 0.717) is 6.04 Å². The first-order chi connectivity index (χ1) is 7.84. The van der Waals surface area contributed by atoms with Gasteiger partial charge in [-0.05, 0) is 63.8 Å². The Labute approximate surface area is 99.6 Å². The average Bonchev–Trinajstić information content (AvgIpc) is 2.78. The molecule has 0 amide bonds. The van der Waals surface area contributed by atoms with Crippen molar-refractivity contribution in [1.29, 1.82) is 0 Å². The van der Waals surface area contributed by atoms with Crippen molar-refractivity contribution in [1.82, 2.24) is 4.90 Å². The molecule has 2 saturated carbocycles. The first kappa shape index (κ1) is 11.0. The molecule has 16 heavy (non-hydrogen) atoms. The van der Waals surface area contributed by atoms with E-state index in [0.717, 1.165) is 18.0 Å². The van der Waals surface area contributed by atoms with Crippen LogP contribution in [0.15, 0.2) is 0 Å². The molecule has 1 saturated heterocycles. The third kappa shape index (κ3) is 2.02.